The molecule has 2 fully saturated rings. The number of likely N-dealkylation sites (tertiary alicyclic amines) is 1. The molecule has 0 radical (unpaired) electrons. The van der Waals surface area contributed by atoms with Crippen molar-refractivity contribution in [3.8, 4) is 5.97 Å². The van der Waals surface area contributed by atoms with E-state index in [9.17, 15) is 4.79 Å². The van der Waals surface area contributed by atoms with Crippen LogP contribution in [0.3, 0.4) is 0 Å². The van der Waals surface area contributed by atoms with E-state index in [1.54, 1.807) is 0 Å². The normalized spacial score (nSPS) is 24.0. The van der Waals surface area contributed by atoms with Crippen molar-refractivity contribution in [2.45, 2.75) is 57.2 Å². The molecule has 1 aromatic carbocycles. The van der Waals surface area contributed by atoms with Crippen molar-refractivity contribution >= 4 is 12.7 Å². The van der Waals surface area contributed by atoms with Gasteiger partial charge in [-0.3, -0.25) is 9.69 Å². The van der Waals surface area contributed by atoms with E-state index < -0.39 is 0 Å². The molecule has 0 saturated carbocycles. The van der Waals surface area contributed by atoms with E-state index >= 15 is 0 Å². The first-order valence-corrected chi connectivity index (χ1v) is 9.95. The molecular weight excluding hydrogens is 323 g/mol. The Morgan fingerprint density at radius 2 is 2.00 bits per heavy atom. The van der Waals surface area contributed by atoms with Crippen molar-refractivity contribution in [2.24, 2.45) is 5.92 Å². The molecule has 0 amide bonds. The maximum Gasteiger partial charge on any atom is 0.308 e. The molecule has 26 heavy (non-hydrogen) atoms. The Kier molecular flexibility index (Phi) is 4.79. The molecule has 0 bridgehead atoms. The Morgan fingerprint density at radius 3 is 2.65 bits per heavy atom. The summed E-state index contributed by atoms with van der Waals surface area (Å²) in [6, 6.07) is 5.30. The highest BCUT2D eigenvalue weighted by Gasteiger charge is 2.37. The average Bonchev–Trinajstić information content (AvgIpc) is 3.05. The SMILES string of the molecule is COC(=O)C1CCN(C2CCc3cc(C4CB(C#N)C4)cc(C)c32)CC1. The minimum absolute atomic E-state index is 0.0477. The Hall–Kier alpha value is -1.80. The second kappa shape index (κ2) is 7.08. The smallest absolute Gasteiger partial charge is 0.308 e. The zero-order valence-electron chi connectivity index (χ0n) is 15.8. The van der Waals surface area contributed by atoms with Gasteiger partial charge in [0, 0.05) is 12.0 Å². The minimum Gasteiger partial charge on any atom is -0.469 e. The number of carbonyl (C=O) groups is 1. The molecule has 4 rings (SSSR count). The van der Waals surface area contributed by atoms with Crippen molar-refractivity contribution in [3.63, 3.8) is 0 Å². The highest BCUT2D eigenvalue weighted by Crippen LogP contribution is 2.44. The third kappa shape index (κ3) is 3.05. The van der Waals surface area contributed by atoms with Crippen LogP contribution in [0.4, 0.5) is 0 Å². The third-order valence-electron chi connectivity index (χ3n) is 6.81. The van der Waals surface area contributed by atoms with Gasteiger partial charge in [-0.05, 0) is 73.9 Å². The third-order valence-corrected chi connectivity index (χ3v) is 6.81. The van der Waals surface area contributed by atoms with Crippen LogP contribution in [0.15, 0.2) is 12.1 Å². The second-order valence-electron chi connectivity index (χ2n) is 8.29. The zero-order chi connectivity index (χ0) is 18.3. The number of fused-ring (bicyclic) bond motifs is 1. The Bertz CT molecular complexity index is 743. The predicted molar refractivity (Wildman–Crippen MR) is 102 cm³/mol. The van der Waals surface area contributed by atoms with Gasteiger partial charge in [-0.15, -0.1) is 0 Å². The van der Waals surface area contributed by atoms with Gasteiger partial charge in [-0.2, -0.15) is 0 Å². The number of aryl methyl sites for hydroxylation is 2. The largest absolute Gasteiger partial charge is 0.469 e. The molecule has 1 atom stereocenters. The zero-order valence-corrected chi connectivity index (χ0v) is 15.8. The van der Waals surface area contributed by atoms with Gasteiger partial charge in [0.25, 0.3) is 6.71 Å². The van der Waals surface area contributed by atoms with Gasteiger partial charge in [-0.25, -0.2) is 5.26 Å². The van der Waals surface area contributed by atoms with Gasteiger partial charge >= 0.3 is 5.97 Å². The number of esters is 1. The van der Waals surface area contributed by atoms with Crippen LogP contribution in [-0.2, 0) is 16.0 Å². The Morgan fingerprint density at radius 1 is 1.27 bits per heavy atom. The molecule has 0 spiro atoms. The molecular formula is C21H27BN2O2. The van der Waals surface area contributed by atoms with Crippen molar-refractivity contribution < 1.29 is 9.53 Å². The molecule has 2 aliphatic heterocycles. The van der Waals surface area contributed by atoms with Gasteiger partial charge in [0.1, 0.15) is 0 Å². The van der Waals surface area contributed by atoms with E-state index in [2.05, 4.69) is 29.9 Å². The lowest BCUT2D eigenvalue weighted by Gasteiger charge is -2.36. The number of hydrogen-bond acceptors (Lipinski definition) is 4. The quantitative estimate of drug-likeness (QED) is 0.618. The lowest BCUT2D eigenvalue weighted by atomic mass is 9.32. The molecule has 1 aliphatic carbocycles. The van der Waals surface area contributed by atoms with Crippen LogP contribution >= 0.6 is 0 Å². The summed E-state index contributed by atoms with van der Waals surface area (Å²) in [6.07, 6.45) is 6.22. The number of rotatable bonds is 3. The molecule has 3 aliphatic rings. The molecule has 136 valence electrons. The molecule has 2 saturated heterocycles. The molecule has 1 unspecified atom stereocenters. The van der Waals surface area contributed by atoms with Crippen LogP contribution in [0.25, 0.3) is 0 Å². The number of benzene rings is 1. The van der Waals surface area contributed by atoms with Crippen LogP contribution in [-0.4, -0.2) is 37.8 Å². The first kappa shape index (κ1) is 17.6. The van der Waals surface area contributed by atoms with E-state index in [-0.39, 0.29) is 18.6 Å². The maximum atomic E-state index is 11.8. The fourth-order valence-electron chi connectivity index (χ4n) is 5.23. The van der Waals surface area contributed by atoms with Crippen LogP contribution in [0.5, 0.6) is 0 Å². The van der Waals surface area contributed by atoms with Crippen LogP contribution in [0.1, 0.15) is 53.5 Å². The van der Waals surface area contributed by atoms with Crippen LogP contribution < -0.4 is 0 Å². The van der Waals surface area contributed by atoms with Crippen LogP contribution in [0.2, 0.25) is 12.6 Å². The maximum absolute atomic E-state index is 11.8. The summed E-state index contributed by atoms with van der Waals surface area (Å²) in [6.45, 7) is 4.48. The average molecular weight is 350 g/mol. The molecule has 0 aromatic heterocycles. The summed E-state index contributed by atoms with van der Waals surface area (Å²) in [7, 11) is 1.49. The number of piperidine rings is 1. The fourth-order valence-corrected chi connectivity index (χ4v) is 5.23. The molecule has 0 N–H and O–H groups in total. The monoisotopic (exact) mass is 350 g/mol. The van der Waals surface area contributed by atoms with Crippen molar-refractivity contribution in [1.29, 1.82) is 5.26 Å². The summed E-state index contributed by atoms with van der Waals surface area (Å²) < 4.78 is 4.92. The highest BCUT2D eigenvalue weighted by atomic mass is 16.5. The van der Waals surface area contributed by atoms with Crippen molar-refractivity contribution in [3.05, 3.63) is 34.4 Å². The van der Waals surface area contributed by atoms with E-state index in [4.69, 9.17) is 10.00 Å². The van der Waals surface area contributed by atoms with E-state index in [0.717, 1.165) is 45.0 Å². The Labute approximate surface area is 156 Å². The first-order chi connectivity index (χ1) is 12.6. The fraction of sp³-hybridized carbons (Fsp3) is 0.619. The van der Waals surface area contributed by atoms with Gasteiger partial charge in [0.15, 0.2) is 0 Å². The molecule has 5 heteroatoms. The number of nitriles is 1. The van der Waals surface area contributed by atoms with Crippen LogP contribution in [0, 0.1) is 24.1 Å². The lowest BCUT2D eigenvalue weighted by Crippen LogP contribution is -2.38. The second-order valence-corrected chi connectivity index (χ2v) is 8.29. The van der Waals surface area contributed by atoms with E-state index in [0.29, 0.717) is 12.0 Å². The van der Waals surface area contributed by atoms with Gasteiger partial charge in [0.05, 0.1) is 13.0 Å². The summed E-state index contributed by atoms with van der Waals surface area (Å²) in [5.74, 6) is 3.00. The Balaban J connectivity index is 1.47. The van der Waals surface area contributed by atoms with Gasteiger partial charge in [0.2, 0.25) is 0 Å². The van der Waals surface area contributed by atoms with E-state index in [1.165, 1.54) is 35.8 Å². The topological polar surface area (TPSA) is 53.3 Å². The number of ether oxygens (including phenoxy) is 1. The highest BCUT2D eigenvalue weighted by molar-refractivity contribution is 6.70. The van der Waals surface area contributed by atoms with Gasteiger partial charge in [-0.1, -0.05) is 24.8 Å². The summed E-state index contributed by atoms with van der Waals surface area (Å²) >= 11 is 0. The minimum atomic E-state index is -0.0477. The first-order valence-electron chi connectivity index (χ1n) is 9.95. The number of hydrogen-bond donors (Lipinski definition) is 0. The summed E-state index contributed by atoms with van der Waals surface area (Å²) in [4.78, 5) is 14.3. The molecule has 4 nitrogen and oxygen atoms in total. The van der Waals surface area contributed by atoms with Gasteiger partial charge < -0.3 is 4.74 Å². The van der Waals surface area contributed by atoms with E-state index in [1.807, 2.05) is 0 Å². The predicted octanol–water partition coefficient (Wildman–Crippen LogP) is 3.52. The molecule has 1 aromatic rings. The number of nitrogens with zero attached hydrogens (tertiary/aromatic N) is 2. The summed E-state index contributed by atoms with van der Waals surface area (Å²) in [5.41, 5.74) is 5.90. The van der Waals surface area contributed by atoms with Crippen molar-refractivity contribution in [2.75, 3.05) is 20.2 Å². The standard InChI is InChI=1S/C21H27BN2O2/c1-14-9-17(18-11-22(12-18)13-23)10-16-3-4-19(20(14)16)24-7-5-15(6-8-24)21(25)26-2/h9-10,15,18-19H,3-8,11-12H2,1-2H3. The number of methoxy groups -OCH3 is 1. The number of carbonyl (C=O) groups excluding carboxylic acids is 1. The lowest BCUT2D eigenvalue weighted by molar-refractivity contribution is -0.147. The summed E-state index contributed by atoms with van der Waals surface area (Å²) in [5, 5.41) is 9.02. The van der Waals surface area contributed by atoms with Crippen molar-refractivity contribution in [1.82, 2.24) is 4.90 Å². The molecule has 2 heterocycles.